The van der Waals surface area contributed by atoms with E-state index in [0.29, 0.717) is 19.5 Å². The number of carbonyl (C=O) groups excluding carboxylic acids is 1. The van der Waals surface area contributed by atoms with Gasteiger partial charge in [0.2, 0.25) is 0 Å². The largest absolute Gasteiger partial charge is 0.480 e. The summed E-state index contributed by atoms with van der Waals surface area (Å²) in [6.45, 7) is 11.4. The van der Waals surface area contributed by atoms with Gasteiger partial charge in [0.1, 0.15) is 6.54 Å². The summed E-state index contributed by atoms with van der Waals surface area (Å²) >= 11 is 0. The standard InChI is InChI=1S/C13H22N2O3/c1-5-8-14(9-6-2)13(18)15(10-12(16)17)11(4)7-3/h5-6,11H,1-2,7-10H2,3-4H3,(H,16,17). The highest BCUT2D eigenvalue weighted by Gasteiger charge is 2.25. The molecule has 0 aromatic carbocycles. The van der Waals surface area contributed by atoms with Gasteiger partial charge in [-0.2, -0.15) is 0 Å². The fourth-order valence-corrected chi connectivity index (χ4v) is 1.50. The van der Waals surface area contributed by atoms with E-state index >= 15 is 0 Å². The SMILES string of the molecule is C=CCN(CC=C)C(=O)N(CC(=O)O)C(C)CC. The van der Waals surface area contributed by atoms with E-state index in [9.17, 15) is 9.59 Å². The molecule has 0 fully saturated rings. The van der Waals surface area contributed by atoms with Crippen LogP contribution in [0.25, 0.3) is 0 Å². The topological polar surface area (TPSA) is 60.9 Å². The molecular formula is C13H22N2O3. The number of urea groups is 1. The van der Waals surface area contributed by atoms with Crippen LogP contribution in [0.5, 0.6) is 0 Å². The summed E-state index contributed by atoms with van der Waals surface area (Å²) < 4.78 is 0. The van der Waals surface area contributed by atoms with Crippen molar-refractivity contribution in [2.45, 2.75) is 26.3 Å². The van der Waals surface area contributed by atoms with E-state index in [2.05, 4.69) is 13.2 Å². The zero-order valence-corrected chi connectivity index (χ0v) is 11.1. The molecule has 0 saturated heterocycles. The van der Waals surface area contributed by atoms with Crippen LogP contribution in [-0.2, 0) is 4.79 Å². The first-order valence-electron chi connectivity index (χ1n) is 5.97. The Morgan fingerprint density at radius 2 is 1.78 bits per heavy atom. The Balaban J connectivity index is 4.93. The first-order chi connectivity index (χ1) is 8.47. The molecule has 0 radical (unpaired) electrons. The molecule has 1 atom stereocenters. The number of carboxylic acids is 1. The van der Waals surface area contributed by atoms with Crippen molar-refractivity contribution in [2.75, 3.05) is 19.6 Å². The van der Waals surface area contributed by atoms with E-state index in [-0.39, 0.29) is 18.6 Å². The second kappa shape index (κ2) is 8.33. The van der Waals surface area contributed by atoms with Crippen molar-refractivity contribution in [2.24, 2.45) is 0 Å². The van der Waals surface area contributed by atoms with E-state index < -0.39 is 5.97 Å². The summed E-state index contributed by atoms with van der Waals surface area (Å²) in [6.07, 6.45) is 3.92. The third kappa shape index (κ3) is 5.03. The Morgan fingerprint density at radius 1 is 1.28 bits per heavy atom. The Kier molecular flexibility index (Phi) is 7.51. The molecule has 0 saturated carbocycles. The minimum absolute atomic E-state index is 0.120. The van der Waals surface area contributed by atoms with Crippen molar-refractivity contribution in [1.29, 1.82) is 0 Å². The maximum absolute atomic E-state index is 12.3. The predicted octanol–water partition coefficient (Wildman–Crippen LogP) is 1.97. The lowest BCUT2D eigenvalue weighted by Gasteiger charge is -2.32. The number of hydrogen-bond donors (Lipinski definition) is 1. The van der Waals surface area contributed by atoms with Gasteiger partial charge in [0, 0.05) is 19.1 Å². The van der Waals surface area contributed by atoms with Gasteiger partial charge in [0.25, 0.3) is 0 Å². The number of carbonyl (C=O) groups is 2. The summed E-state index contributed by atoms with van der Waals surface area (Å²) in [4.78, 5) is 25.9. The van der Waals surface area contributed by atoms with Gasteiger partial charge in [-0.1, -0.05) is 19.1 Å². The zero-order chi connectivity index (χ0) is 14.1. The summed E-state index contributed by atoms with van der Waals surface area (Å²) in [6, 6.07) is -0.419. The number of rotatable bonds is 8. The molecule has 0 spiro atoms. The second-order valence-corrected chi connectivity index (χ2v) is 4.04. The van der Waals surface area contributed by atoms with Gasteiger partial charge in [-0.3, -0.25) is 4.79 Å². The maximum Gasteiger partial charge on any atom is 0.323 e. The minimum atomic E-state index is -1.01. The third-order valence-corrected chi connectivity index (χ3v) is 2.64. The average Bonchev–Trinajstić information content (AvgIpc) is 2.33. The van der Waals surface area contributed by atoms with Crippen LogP contribution < -0.4 is 0 Å². The number of aliphatic carboxylic acids is 1. The van der Waals surface area contributed by atoms with Crippen molar-refractivity contribution in [3.63, 3.8) is 0 Å². The van der Waals surface area contributed by atoms with E-state index in [4.69, 9.17) is 5.11 Å². The molecule has 0 aromatic heterocycles. The van der Waals surface area contributed by atoms with Crippen LogP contribution in [0, 0.1) is 0 Å². The lowest BCUT2D eigenvalue weighted by atomic mass is 10.2. The molecule has 0 aliphatic rings. The first-order valence-corrected chi connectivity index (χ1v) is 5.97. The van der Waals surface area contributed by atoms with Gasteiger partial charge >= 0.3 is 12.0 Å². The Morgan fingerprint density at radius 3 is 2.11 bits per heavy atom. The van der Waals surface area contributed by atoms with Gasteiger partial charge in [0.05, 0.1) is 0 Å². The van der Waals surface area contributed by atoms with Crippen LogP contribution in [0.4, 0.5) is 4.79 Å². The summed E-state index contributed by atoms with van der Waals surface area (Å²) in [7, 11) is 0. The quantitative estimate of drug-likeness (QED) is 0.674. The molecule has 0 heterocycles. The van der Waals surface area contributed by atoms with Gasteiger partial charge in [0.15, 0.2) is 0 Å². The molecule has 102 valence electrons. The molecule has 0 bridgehead atoms. The molecule has 0 aliphatic heterocycles. The van der Waals surface area contributed by atoms with E-state index in [1.807, 2.05) is 13.8 Å². The average molecular weight is 254 g/mol. The lowest BCUT2D eigenvalue weighted by Crippen LogP contribution is -2.49. The minimum Gasteiger partial charge on any atom is -0.480 e. The molecule has 2 amide bonds. The number of amides is 2. The van der Waals surface area contributed by atoms with Crippen molar-refractivity contribution in [3.05, 3.63) is 25.3 Å². The molecule has 0 aliphatic carbocycles. The highest BCUT2D eigenvalue weighted by molar-refractivity contribution is 5.80. The predicted molar refractivity (Wildman–Crippen MR) is 71.5 cm³/mol. The molecule has 18 heavy (non-hydrogen) atoms. The van der Waals surface area contributed by atoms with Crippen molar-refractivity contribution in [1.82, 2.24) is 9.80 Å². The Hall–Kier alpha value is -1.78. The van der Waals surface area contributed by atoms with Gasteiger partial charge < -0.3 is 14.9 Å². The molecule has 1 unspecified atom stereocenters. The van der Waals surface area contributed by atoms with Crippen LogP contribution in [0.2, 0.25) is 0 Å². The summed E-state index contributed by atoms with van der Waals surface area (Å²) in [5.74, 6) is -1.01. The Labute approximate surface area is 108 Å². The smallest absolute Gasteiger partial charge is 0.323 e. The summed E-state index contributed by atoms with van der Waals surface area (Å²) in [5, 5.41) is 8.87. The second-order valence-electron chi connectivity index (χ2n) is 4.04. The number of carboxylic acid groups (broad SMARTS) is 1. The highest BCUT2D eigenvalue weighted by Crippen LogP contribution is 2.08. The van der Waals surface area contributed by atoms with Crippen LogP contribution in [0.3, 0.4) is 0 Å². The van der Waals surface area contributed by atoms with Crippen LogP contribution >= 0.6 is 0 Å². The normalized spacial score (nSPS) is 11.4. The number of hydrogen-bond acceptors (Lipinski definition) is 2. The Bertz CT molecular complexity index is 305. The highest BCUT2D eigenvalue weighted by atomic mass is 16.4. The fourth-order valence-electron chi connectivity index (χ4n) is 1.50. The van der Waals surface area contributed by atoms with Gasteiger partial charge in [-0.25, -0.2) is 4.79 Å². The van der Waals surface area contributed by atoms with Gasteiger partial charge in [-0.05, 0) is 13.3 Å². The van der Waals surface area contributed by atoms with E-state index in [1.54, 1.807) is 12.2 Å². The molecular weight excluding hydrogens is 232 g/mol. The zero-order valence-electron chi connectivity index (χ0n) is 11.1. The van der Waals surface area contributed by atoms with E-state index in [1.165, 1.54) is 9.80 Å². The van der Waals surface area contributed by atoms with Crippen LogP contribution in [0.1, 0.15) is 20.3 Å². The fraction of sp³-hybridized carbons (Fsp3) is 0.538. The first kappa shape index (κ1) is 16.2. The van der Waals surface area contributed by atoms with Crippen LogP contribution in [0.15, 0.2) is 25.3 Å². The number of nitrogens with zero attached hydrogens (tertiary/aromatic N) is 2. The molecule has 0 rings (SSSR count). The van der Waals surface area contributed by atoms with E-state index in [0.717, 1.165) is 0 Å². The van der Waals surface area contributed by atoms with Crippen molar-refractivity contribution < 1.29 is 14.7 Å². The molecule has 1 N–H and O–H groups in total. The lowest BCUT2D eigenvalue weighted by molar-refractivity contribution is -0.138. The monoisotopic (exact) mass is 254 g/mol. The molecule has 5 nitrogen and oxygen atoms in total. The molecule has 5 heteroatoms. The van der Waals surface area contributed by atoms with Crippen LogP contribution in [-0.4, -0.2) is 52.6 Å². The van der Waals surface area contributed by atoms with Crippen molar-refractivity contribution in [3.8, 4) is 0 Å². The maximum atomic E-state index is 12.3. The molecule has 0 aromatic rings. The summed E-state index contributed by atoms with van der Waals surface area (Å²) in [5.41, 5.74) is 0. The third-order valence-electron chi connectivity index (χ3n) is 2.64. The van der Waals surface area contributed by atoms with Gasteiger partial charge in [-0.15, -0.1) is 13.2 Å². The van der Waals surface area contributed by atoms with Crippen molar-refractivity contribution >= 4 is 12.0 Å².